The minimum Gasteiger partial charge on any atom is -0.326 e. The fourth-order valence-corrected chi connectivity index (χ4v) is 2.71. The van der Waals surface area contributed by atoms with Gasteiger partial charge in [-0.25, -0.2) is 5.06 Å². The van der Waals surface area contributed by atoms with Gasteiger partial charge in [0.2, 0.25) is 5.91 Å². The molecule has 26 heavy (non-hydrogen) atoms. The molecule has 0 saturated heterocycles. The van der Waals surface area contributed by atoms with Crippen LogP contribution in [0.4, 0.5) is 5.69 Å². The molecule has 5 nitrogen and oxygen atoms in total. The van der Waals surface area contributed by atoms with Crippen LogP contribution in [0, 0.1) is 0 Å². The summed E-state index contributed by atoms with van der Waals surface area (Å²) in [6.07, 6.45) is 3.23. The van der Waals surface area contributed by atoms with Gasteiger partial charge < -0.3 is 5.32 Å². The molecule has 0 aliphatic carbocycles. The van der Waals surface area contributed by atoms with Crippen LogP contribution in [0.1, 0.15) is 35.2 Å². The number of aryl methyl sites for hydroxylation is 1. The molecular formula is C20H23BrN2O3. The molecule has 0 atom stereocenters. The molecule has 0 spiro atoms. The first-order valence-electron chi connectivity index (χ1n) is 8.46. The van der Waals surface area contributed by atoms with Crippen LogP contribution < -0.4 is 5.32 Å². The summed E-state index contributed by atoms with van der Waals surface area (Å²) in [4.78, 5) is 28.8. The Hall–Kier alpha value is -2.18. The average Bonchev–Trinajstić information content (AvgIpc) is 2.66. The Morgan fingerprint density at radius 3 is 2.31 bits per heavy atom. The molecule has 0 saturated carbocycles. The maximum atomic E-state index is 12.0. The number of hydrogen-bond donors (Lipinski definition) is 1. The van der Waals surface area contributed by atoms with E-state index in [0.717, 1.165) is 28.8 Å². The first kappa shape index (κ1) is 20.1. The summed E-state index contributed by atoms with van der Waals surface area (Å²) in [6.45, 7) is 0. The van der Waals surface area contributed by atoms with Gasteiger partial charge in [0.25, 0.3) is 5.91 Å². The molecule has 0 radical (unpaired) electrons. The largest absolute Gasteiger partial charge is 0.326 e. The maximum Gasteiger partial charge on any atom is 0.277 e. The predicted molar refractivity (Wildman–Crippen MR) is 106 cm³/mol. The fraction of sp³-hybridized carbons (Fsp3) is 0.300. The highest BCUT2D eigenvalue weighted by Crippen LogP contribution is 2.14. The van der Waals surface area contributed by atoms with Crippen molar-refractivity contribution in [3.05, 3.63) is 64.1 Å². The van der Waals surface area contributed by atoms with E-state index in [1.165, 1.54) is 12.7 Å². The number of carbonyl (C=O) groups is 2. The third kappa shape index (κ3) is 6.28. The molecule has 0 aliphatic heterocycles. The maximum absolute atomic E-state index is 12.0. The zero-order valence-electron chi connectivity index (χ0n) is 15.0. The number of benzene rings is 2. The van der Waals surface area contributed by atoms with Gasteiger partial charge in [0.05, 0.1) is 7.11 Å². The van der Waals surface area contributed by atoms with Gasteiger partial charge in [0.15, 0.2) is 0 Å². The van der Waals surface area contributed by atoms with Crippen LogP contribution in [0.2, 0.25) is 0 Å². The lowest BCUT2D eigenvalue weighted by atomic mass is 10.1. The third-order valence-corrected chi connectivity index (χ3v) is 4.54. The van der Waals surface area contributed by atoms with Gasteiger partial charge >= 0.3 is 0 Å². The van der Waals surface area contributed by atoms with Gasteiger partial charge in [-0.3, -0.25) is 14.4 Å². The Bertz CT molecular complexity index is 730. The van der Waals surface area contributed by atoms with Gasteiger partial charge in [-0.2, -0.15) is 0 Å². The summed E-state index contributed by atoms with van der Waals surface area (Å²) in [7, 11) is 2.98. The van der Waals surface area contributed by atoms with Crippen LogP contribution in [0.5, 0.6) is 0 Å². The van der Waals surface area contributed by atoms with Gasteiger partial charge in [-0.1, -0.05) is 28.1 Å². The molecular weight excluding hydrogens is 396 g/mol. The zero-order chi connectivity index (χ0) is 18.9. The number of nitrogens with one attached hydrogen (secondary N) is 1. The van der Waals surface area contributed by atoms with Crippen LogP contribution in [0.15, 0.2) is 53.0 Å². The first-order chi connectivity index (χ1) is 12.5. The second kappa shape index (κ2) is 10.1. The standard InChI is InChI=1S/C20H23BrN2O3/c1-23(26-2)20(25)16-9-13-18(14-10-16)22-19(24)6-4-3-5-15-7-11-17(21)12-8-15/h7-14H,3-6H2,1-2H3,(H,22,24). The summed E-state index contributed by atoms with van der Waals surface area (Å²) in [5.74, 6) is -0.257. The topological polar surface area (TPSA) is 58.6 Å². The predicted octanol–water partition coefficient (Wildman–Crippen LogP) is 4.43. The minimum absolute atomic E-state index is 0.0195. The van der Waals surface area contributed by atoms with E-state index in [1.807, 2.05) is 12.1 Å². The lowest BCUT2D eigenvalue weighted by Crippen LogP contribution is -2.25. The quantitative estimate of drug-likeness (QED) is 0.509. The van der Waals surface area contributed by atoms with Gasteiger partial charge in [-0.05, 0) is 61.2 Å². The first-order valence-corrected chi connectivity index (χ1v) is 9.25. The number of nitrogens with zero attached hydrogens (tertiary/aromatic N) is 1. The fourth-order valence-electron chi connectivity index (χ4n) is 2.45. The van der Waals surface area contributed by atoms with Crippen molar-refractivity contribution in [2.45, 2.75) is 25.7 Å². The van der Waals surface area contributed by atoms with Crippen LogP contribution in [-0.2, 0) is 16.1 Å². The van der Waals surface area contributed by atoms with Gasteiger partial charge in [-0.15, -0.1) is 0 Å². The molecule has 2 rings (SSSR count). The number of amides is 2. The Morgan fingerprint density at radius 2 is 1.69 bits per heavy atom. The molecule has 2 amide bonds. The average molecular weight is 419 g/mol. The highest BCUT2D eigenvalue weighted by molar-refractivity contribution is 9.10. The van der Waals surface area contributed by atoms with Crippen LogP contribution in [0.25, 0.3) is 0 Å². The van der Waals surface area contributed by atoms with Crippen molar-refractivity contribution >= 4 is 33.4 Å². The lowest BCUT2D eigenvalue weighted by Gasteiger charge is -2.13. The molecule has 1 N–H and O–H groups in total. The molecule has 0 aromatic heterocycles. The Morgan fingerprint density at radius 1 is 1.04 bits per heavy atom. The van der Waals surface area contributed by atoms with Crippen molar-refractivity contribution < 1.29 is 14.4 Å². The van der Waals surface area contributed by atoms with E-state index in [4.69, 9.17) is 4.84 Å². The second-order valence-corrected chi connectivity index (χ2v) is 6.86. The van der Waals surface area contributed by atoms with Gasteiger partial charge in [0, 0.05) is 29.2 Å². The molecule has 0 aliphatic rings. The highest BCUT2D eigenvalue weighted by Gasteiger charge is 2.11. The van der Waals surface area contributed by atoms with E-state index in [9.17, 15) is 9.59 Å². The number of carbonyl (C=O) groups excluding carboxylic acids is 2. The van der Waals surface area contributed by atoms with E-state index < -0.39 is 0 Å². The van der Waals surface area contributed by atoms with Crippen LogP contribution in [-0.4, -0.2) is 31.0 Å². The normalized spacial score (nSPS) is 10.4. The summed E-state index contributed by atoms with van der Waals surface area (Å²) in [6, 6.07) is 15.0. The number of hydrogen-bond acceptors (Lipinski definition) is 3. The lowest BCUT2D eigenvalue weighted by molar-refractivity contribution is -0.116. The summed E-state index contributed by atoms with van der Waals surface area (Å²) >= 11 is 3.42. The Balaban J connectivity index is 1.73. The van der Waals surface area contributed by atoms with E-state index in [-0.39, 0.29) is 11.8 Å². The number of halogens is 1. The summed E-state index contributed by atoms with van der Waals surface area (Å²) in [5.41, 5.74) is 2.45. The van der Waals surface area contributed by atoms with E-state index >= 15 is 0 Å². The molecule has 0 fully saturated rings. The van der Waals surface area contributed by atoms with E-state index in [1.54, 1.807) is 31.3 Å². The Kier molecular flexibility index (Phi) is 7.81. The molecule has 0 unspecified atom stereocenters. The number of anilines is 1. The zero-order valence-corrected chi connectivity index (χ0v) is 16.6. The third-order valence-electron chi connectivity index (χ3n) is 4.01. The number of rotatable bonds is 8. The smallest absolute Gasteiger partial charge is 0.277 e. The minimum atomic E-state index is -0.238. The van der Waals surface area contributed by atoms with Crippen molar-refractivity contribution in [3.63, 3.8) is 0 Å². The number of hydroxylamine groups is 2. The summed E-state index contributed by atoms with van der Waals surface area (Å²) in [5, 5.41) is 4.01. The van der Waals surface area contributed by atoms with Crippen LogP contribution >= 0.6 is 15.9 Å². The van der Waals surface area contributed by atoms with Crippen molar-refractivity contribution in [3.8, 4) is 0 Å². The molecule has 6 heteroatoms. The monoisotopic (exact) mass is 418 g/mol. The van der Waals surface area contributed by atoms with Gasteiger partial charge in [0.1, 0.15) is 0 Å². The van der Waals surface area contributed by atoms with E-state index in [2.05, 4.69) is 33.4 Å². The van der Waals surface area contributed by atoms with Crippen LogP contribution in [0.3, 0.4) is 0 Å². The number of unbranched alkanes of at least 4 members (excludes halogenated alkanes) is 1. The summed E-state index contributed by atoms with van der Waals surface area (Å²) < 4.78 is 1.07. The SMILES string of the molecule is CON(C)C(=O)c1ccc(NC(=O)CCCCc2ccc(Br)cc2)cc1. The second-order valence-electron chi connectivity index (χ2n) is 5.94. The van der Waals surface area contributed by atoms with Crippen molar-refractivity contribution in [1.82, 2.24) is 5.06 Å². The van der Waals surface area contributed by atoms with E-state index in [0.29, 0.717) is 17.7 Å². The van der Waals surface area contributed by atoms with Crippen molar-refractivity contribution in [1.29, 1.82) is 0 Å². The molecule has 0 bridgehead atoms. The molecule has 2 aromatic carbocycles. The van der Waals surface area contributed by atoms with Crippen molar-refractivity contribution in [2.75, 3.05) is 19.5 Å². The Labute approximate surface area is 162 Å². The molecule has 138 valence electrons. The molecule has 2 aromatic rings. The highest BCUT2D eigenvalue weighted by atomic mass is 79.9. The van der Waals surface area contributed by atoms with Crippen molar-refractivity contribution in [2.24, 2.45) is 0 Å². The molecule has 0 heterocycles.